The molecular weight excluding hydrogens is 298 g/mol. The van der Waals surface area contributed by atoms with Crippen molar-refractivity contribution in [1.82, 2.24) is 4.98 Å². The number of nitrogens with one attached hydrogen (secondary N) is 1. The second-order valence-corrected chi connectivity index (χ2v) is 6.92. The number of H-pyrrole nitrogens is 1. The first-order chi connectivity index (χ1) is 11.4. The van der Waals surface area contributed by atoms with Crippen LogP contribution in [0.5, 0.6) is 0 Å². The molecular formula is C20H21N3O. The number of para-hydroxylation sites is 1. The predicted octanol–water partition coefficient (Wildman–Crippen LogP) is 6.08. The summed E-state index contributed by atoms with van der Waals surface area (Å²) in [7, 11) is 0. The molecule has 1 N–H and O–H groups in total. The SMILES string of the molecule is CC(=O)c1ccccc1N=Nc1c(C(C)(C)C)[nH]c2ccccc12. The van der Waals surface area contributed by atoms with Gasteiger partial charge in [0, 0.05) is 27.6 Å². The number of aromatic nitrogens is 1. The van der Waals surface area contributed by atoms with Crippen LogP contribution in [-0.4, -0.2) is 10.8 Å². The summed E-state index contributed by atoms with van der Waals surface area (Å²) in [6.07, 6.45) is 0. The van der Waals surface area contributed by atoms with Crippen LogP contribution in [0.4, 0.5) is 11.4 Å². The van der Waals surface area contributed by atoms with Crippen molar-refractivity contribution in [3.63, 3.8) is 0 Å². The summed E-state index contributed by atoms with van der Waals surface area (Å²) in [6, 6.07) is 15.3. The van der Waals surface area contributed by atoms with Crippen LogP contribution in [0.1, 0.15) is 43.7 Å². The van der Waals surface area contributed by atoms with E-state index in [0.29, 0.717) is 11.3 Å². The van der Waals surface area contributed by atoms with Gasteiger partial charge in [-0.05, 0) is 25.1 Å². The molecule has 0 saturated carbocycles. The number of carbonyl (C=O) groups excluding carboxylic acids is 1. The molecule has 0 aliphatic carbocycles. The molecule has 0 amide bonds. The Balaban J connectivity index is 2.15. The number of Topliss-reactive ketones (excluding diaryl/α,β-unsaturated/α-hetero) is 1. The fraction of sp³-hybridized carbons (Fsp3) is 0.250. The maximum Gasteiger partial charge on any atom is 0.162 e. The predicted molar refractivity (Wildman–Crippen MR) is 97.6 cm³/mol. The van der Waals surface area contributed by atoms with E-state index < -0.39 is 0 Å². The summed E-state index contributed by atoms with van der Waals surface area (Å²) in [4.78, 5) is 15.2. The van der Waals surface area contributed by atoms with Gasteiger partial charge in [0.2, 0.25) is 0 Å². The molecule has 0 unspecified atom stereocenters. The third-order valence-corrected chi connectivity index (χ3v) is 3.97. The molecule has 3 rings (SSSR count). The van der Waals surface area contributed by atoms with Gasteiger partial charge in [0.15, 0.2) is 5.78 Å². The van der Waals surface area contributed by atoms with E-state index in [1.807, 2.05) is 42.5 Å². The van der Waals surface area contributed by atoms with E-state index in [2.05, 4.69) is 36.0 Å². The average Bonchev–Trinajstić information content (AvgIpc) is 2.92. The van der Waals surface area contributed by atoms with Crippen molar-refractivity contribution >= 4 is 28.1 Å². The van der Waals surface area contributed by atoms with E-state index in [1.54, 1.807) is 13.0 Å². The number of rotatable bonds is 3. The van der Waals surface area contributed by atoms with Crippen molar-refractivity contribution < 1.29 is 4.79 Å². The van der Waals surface area contributed by atoms with E-state index >= 15 is 0 Å². The Labute approximate surface area is 141 Å². The van der Waals surface area contributed by atoms with Crippen molar-refractivity contribution in [3.05, 3.63) is 59.8 Å². The maximum atomic E-state index is 11.8. The van der Waals surface area contributed by atoms with Crippen LogP contribution in [0.2, 0.25) is 0 Å². The minimum Gasteiger partial charge on any atom is -0.356 e. The van der Waals surface area contributed by atoms with Gasteiger partial charge in [-0.25, -0.2) is 0 Å². The van der Waals surface area contributed by atoms with Crippen LogP contribution in [0.3, 0.4) is 0 Å². The molecule has 0 bridgehead atoms. The number of azo groups is 1. The lowest BCUT2D eigenvalue weighted by Crippen LogP contribution is -2.11. The van der Waals surface area contributed by atoms with E-state index in [-0.39, 0.29) is 11.2 Å². The van der Waals surface area contributed by atoms with Crippen LogP contribution in [0.15, 0.2) is 58.8 Å². The van der Waals surface area contributed by atoms with Gasteiger partial charge in [-0.2, -0.15) is 0 Å². The molecule has 0 spiro atoms. The highest BCUT2D eigenvalue weighted by atomic mass is 16.1. The molecule has 0 aliphatic rings. The van der Waals surface area contributed by atoms with Crippen molar-refractivity contribution in [3.8, 4) is 0 Å². The lowest BCUT2D eigenvalue weighted by atomic mass is 9.91. The Hall–Kier alpha value is -2.75. The Bertz CT molecular complexity index is 929. The molecule has 122 valence electrons. The number of ketones is 1. The standard InChI is InChI=1S/C20H21N3O/c1-13(24)14-9-5-8-12-17(14)22-23-18-15-10-6-7-11-16(15)21-19(18)20(2,3)4/h5-12,21H,1-4H3. The third kappa shape index (κ3) is 3.00. The quantitative estimate of drug-likeness (QED) is 0.461. The van der Waals surface area contributed by atoms with Gasteiger partial charge in [-0.1, -0.05) is 51.1 Å². The Morgan fingerprint density at radius 1 is 0.958 bits per heavy atom. The number of aromatic amines is 1. The number of fused-ring (bicyclic) bond motifs is 1. The second-order valence-electron chi connectivity index (χ2n) is 6.92. The van der Waals surface area contributed by atoms with Gasteiger partial charge in [0.05, 0.1) is 5.69 Å². The fourth-order valence-electron chi connectivity index (χ4n) is 2.74. The molecule has 1 heterocycles. The molecule has 0 aliphatic heterocycles. The molecule has 4 nitrogen and oxygen atoms in total. The Morgan fingerprint density at radius 2 is 1.62 bits per heavy atom. The minimum atomic E-state index is -0.0898. The molecule has 0 fully saturated rings. The highest BCUT2D eigenvalue weighted by Crippen LogP contribution is 2.38. The van der Waals surface area contributed by atoms with Crippen molar-refractivity contribution in [2.75, 3.05) is 0 Å². The zero-order valence-electron chi connectivity index (χ0n) is 14.4. The topological polar surface area (TPSA) is 57.6 Å². The van der Waals surface area contributed by atoms with Gasteiger partial charge in [-0.3, -0.25) is 4.79 Å². The van der Waals surface area contributed by atoms with Crippen molar-refractivity contribution in [2.45, 2.75) is 33.1 Å². The highest BCUT2D eigenvalue weighted by Gasteiger charge is 2.22. The number of hydrogen-bond acceptors (Lipinski definition) is 3. The molecule has 3 aromatic rings. The van der Waals surface area contributed by atoms with Crippen molar-refractivity contribution in [1.29, 1.82) is 0 Å². The molecule has 4 heteroatoms. The summed E-state index contributed by atoms with van der Waals surface area (Å²) < 4.78 is 0. The van der Waals surface area contributed by atoms with Crippen molar-refractivity contribution in [2.24, 2.45) is 10.2 Å². The molecule has 0 radical (unpaired) electrons. The summed E-state index contributed by atoms with van der Waals surface area (Å²) >= 11 is 0. The Kier molecular flexibility index (Phi) is 4.06. The second kappa shape index (κ2) is 6.04. The minimum absolute atomic E-state index is 0.0143. The van der Waals surface area contributed by atoms with E-state index in [1.165, 1.54) is 0 Å². The van der Waals surface area contributed by atoms with Crippen LogP contribution >= 0.6 is 0 Å². The van der Waals surface area contributed by atoms with Gasteiger partial charge < -0.3 is 4.98 Å². The molecule has 0 atom stereocenters. The highest BCUT2D eigenvalue weighted by molar-refractivity contribution is 5.99. The molecule has 2 aromatic carbocycles. The first-order valence-corrected chi connectivity index (χ1v) is 8.01. The van der Waals surface area contributed by atoms with Crippen LogP contribution in [-0.2, 0) is 5.41 Å². The monoisotopic (exact) mass is 319 g/mol. The molecule has 1 aromatic heterocycles. The van der Waals surface area contributed by atoms with Crippen LogP contribution in [0, 0.1) is 0 Å². The van der Waals surface area contributed by atoms with E-state index in [4.69, 9.17) is 0 Å². The molecule has 0 saturated heterocycles. The van der Waals surface area contributed by atoms with E-state index in [9.17, 15) is 4.79 Å². The average molecular weight is 319 g/mol. The summed E-state index contributed by atoms with van der Waals surface area (Å²) in [5, 5.41) is 9.93. The largest absolute Gasteiger partial charge is 0.356 e. The smallest absolute Gasteiger partial charge is 0.162 e. The van der Waals surface area contributed by atoms with Crippen LogP contribution in [0.25, 0.3) is 10.9 Å². The lowest BCUT2D eigenvalue weighted by Gasteiger charge is -2.17. The van der Waals surface area contributed by atoms with Gasteiger partial charge in [0.1, 0.15) is 5.69 Å². The summed E-state index contributed by atoms with van der Waals surface area (Å²) in [6.45, 7) is 7.96. The van der Waals surface area contributed by atoms with Gasteiger partial charge in [0.25, 0.3) is 0 Å². The fourth-order valence-corrected chi connectivity index (χ4v) is 2.74. The van der Waals surface area contributed by atoms with Crippen LogP contribution < -0.4 is 0 Å². The number of carbonyl (C=O) groups is 1. The third-order valence-electron chi connectivity index (χ3n) is 3.97. The maximum absolute atomic E-state index is 11.8. The first-order valence-electron chi connectivity index (χ1n) is 8.01. The molecule has 24 heavy (non-hydrogen) atoms. The zero-order valence-corrected chi connectivity index (χ0v) is 14.4. The van der Waals surface area contributed by atoms with E-state index in [0.717, 1.165) is 22.3 Å². The number of nitrogens with zero attached hydrogens (tertiary/aromatic N) is 2. The normalized spacial score (nSPS) is 12.2. The number of hydrogen-bond donors (Lipinski definition) is 1. The van der Waals surface area contributed by atoms with Gasteiger partial charge >= 0.3 is 0 Å². The summed E-state index contributed by atoms with van der Waals surface area (Å²) in [5.74, 6) is -0.0143. The first kappa shape index (κ1) is 16.1. The zero-order chi connectivity index (χ0) is 17.3. The lowest BCUT2D eigenvalue weighted by molar-refractivity contribution is 0.101. The Morgan fingerprint density at radius 3 is 2.33 bits per heavy atom. The summed E-state index contributed by atoms with van der Waals surface area (Å²) in [5.41, 5.74) is 3.99. The number of benzene rings is 2. The van der Waals surface area contributed by atoms with Gasteiger partial charge in [-0.15, -0.1) is 10.2 Å².